The Balaban J connectivity index is 1.49. The number of ether oxygens (including phenoxy) is 1. The van der Waals surface area contributed by atoms with Gasteiger partial charge in [0.25, 0.3) is 0 Å². The molecule has 2 fully saturated rings. The zero-order valence-electron chi connectivity index (χ0n) is 13.5. The van der Waals surface area contributed by atoms with Gasteiger partial charge >= 0.3 is 0 Å². The van der Waals surface area contributed by atoms with Crippen molar-refractivity contribution in [2.75, 3.05) is 6.61 Å². The van der Waals surface area contributed by atoms with Crippen LogP contribution in [0, 0.1) is 23.4 Å². The van der Waals surface area contributed by atoms with Crippen LogP contribution in [0.5, 0.6) is 0 Å². The quantitative estimate of drug-likeness (QED) is 0.910. The fourth-order valence-electron chi connectivity index (χ4n) is 3.91. The second kappa shape index (κ2) is 6.44. The average Bonchev–Trinajstić information content (AvgIpc) is 3.14. The van der Waals surface area contributed by atoms with Gasteiger partial charge in [0.2, 0.25) is 0 Å². The molecule has 3 unspecified atom stereocenters. The highest BCUT2D eigenvalue weighted by Crippen LogP contribution is 2.48. The lowest BCUT2D eigenvalue weighted by molar-refractivity contribution is 0.00369. The van der Waals surface area contributed by atoms with E-state index < -0.39 is 17.2 Å². The summed E-state index contributed by atoms with van der Waals surface area (Å²) in [6, 6.07) is 10.4. The van der Waals surface area contributed by atoms with E-state index in [9.17, 15) is 13.2 Å². The maximum absolute atomic E-state index is 14.3. The smallest absolute Gasteiger partial charge is 0.159 e. The van der Waals surface area contributed by atoms with Crippen molar-refractivity contribution < 1.29 is 22.7 Å². The maximum Gasteiger partial charge on any atom is 0.159 e. The molecule has 1 aliphatic heterocycles. The SMILES string of the molecule is Fc1ccc(COC2CC3CONC3(c3ccccc3F)C2)cc1F. The molecule has 25 heavy (non-hydrogen) atoms. The van der Waals surface area contributed by atoms with Crippen molar-refractivity contribution in [3.05, 3.63) is 71.0 Å². The minimum absolute atomic E-state index is 0.0966. The third-order valence-corrected chi connectivity index (χ3v) is 5.16. The highest BCUT2D eigenvalue weighted by atomic mass is 19.2. The summed E-state index contributed by atoms with van der Waals surface area (Å²) in [5, 5.41) is 0. The Labute approximate surface area is 143 Å². The second-order valence-corrected chi connectivity index (χ2v) is 6.68. The molecular weight excluding hydrogens is 331 g/mol. The molecule has 0 amide bonds. The summed E-state index contributed by atoms with van der Waals surface area (Å²) in [6.07, 6.45) is 1.15. The highest BCUT2D eigenvalue weighted by molar-refractivity contribution is 5.30. The molecule has 1 saturated heterocycles. The minimum atomic E-state index is -0.887. The fraction of sp³-hybridized carbons (Fsp3) is 0.368. The summed E-state index contributed by atoms with van der Waals surface area (Å²) in [5.74, 6) is -1.94. The predicted molar refractivity (Wildman–Crippen MR) is 84.8 cm³/mol. The van der Waals surface area contributed by atoms with Crippen molar-refractivity contribution in [1.82, 2.24) is 5.48 Å². The predicted octanol–water partition coefficient (Wildman–Crippen LogP) is 3.83. The van der Waals surface area contributed by atoms with Crippen molar-refractivity contribution in [2.45, 2.75) is 31.1 Å². The number of hydrogen-bond acceptors (Lipinski definition) is 3. The molecule has 2 aromatic carbocycles. The standard InChI is InChI=1S/C19H18F3NO2/c20-16-4-2-1-3-15(16)19-9-14(8-13(19)11-25-23-19)24-10-12-5-6-17(21)18(22)7-12/h1-7,13-14,23H,8-11H2. The Kier molecular flexibility index (Phi) is 4.27. The molecule has 0 radical (unpaired) electrons. The Hall–Kier alpha value is -1.89. The van der Waals surface area contributed by atoms with E-state index in [-0.39, 0.29) is 24.4 Å². The molecule has 4 rings (SSSR count). The van der Waals surface area contributed by atoms with Crippen LogP contribution in [0.2, 0.25) is 0 Å². The second-order valence-electron chi connectivity index (χ2n) is 6.68. The summed E-state index contributed by atoms with van der Waals surface area (Å²) >= 11 is 0. The van der Waals surface area contributed by atoms with Crippen LogP contribution in [-0.4, -0.2) is 12.7 Å². The third-order valence-electron chi connectivity index (χ3n) is 5.16. The van der Waals surface area contributed by atoms with E-state index in [2.05, 4.69) is 5.48 Å². The van der Waals surface area contributed by atoms with Crippen molar-refractivity contribution in [3.8, 4) is 0 Å². The van der Waals surface area contributed by atoms with E-state index >= 15 is 0 Å². The van der Waals surface area contributed by atoms with Crippen LogP contribution >= 0.6 is 0 Å². The number of halogens is 3. The Morgan fingerprint density at radius 2 is 1.92 bits per heavy atom. The molecule has 6 heteroatoms. The molecule has 0 bridgehead atoms. The van der Waals surface area contributed by atoms with Gasteiger partial charge in [-0.3, -0.25) is 0 Å². The van der Waals surface area contributed by atoms with E-state index in [1.165, 1.54) is 12.1 Å². The van der Waals surface area contributed by atoms with Crippen LogP contribution in [0.1, 0.15) is 24.0 Å². The van der Waals surface area contributed by atoms with Gasteiger partial charge in [-0.1, -0.05) is 24.3 Å². The molecule has 132 valence electrons. The zero-order chi connectivity index (χ0) is 17.4. The molecule has 1 heterocycles. The van der Waals surface area contributed by atoms with Gasteiger partial charge in [-0.05, 0) is 36.6 Å². The van der Waals surface area contributed by atoms with Crippen LogP contribution in [-0.2, 0) is 21.7 Å². The lowest BCUT2D eigenvalue weighted by atomic mass is 9.82. The van der Waals surface area contributed by atoms with E-state index in [1.807, 2.05) is 0 Å². The minimum Gasteiger partial charge on any atom is -0.373 e. The summed E-state index contributed by atoms with van der Waals surface area (Å²) in [6.45, 7) is 0.669. The van der Waals surface area contributed by atoms with Crippen LogP contribution in [0.4, 0.5) is 13.2 Å². The molecule has 2 aromatic rings. The van der Waals surface area contributed by atoms with E-state index in [1.54, 1.807) is 18.2 Å². The van der Waals surface area contributed by atoms with Gasteiger partial charge in [0, 0.05) is 11.5 Å². The zero-order valence-corrected chi connectivity index (χ0v) is 13.5. The van der Waals surface area contributed by atoms with Crippen molar-refractivity contribution in [3.63, 3.8) is 0 Å². The van der Waals surface area contributed by atoms with E-state index in [0.717, 1.165) is 12.1 Å². The van der Waals surface area contributed by atoms with Crippen LogP contribution < -0.4 is 5.48 Å². The van der Waals surface area contributed by atoms with Gasteiger partial charge in [0.15, 0.2) is 11.6 Å². The molecular formula is C19H18F3NO2. The van der Waals surface area contributed by atoms with Crippen molar-refractivity contribution >= 4 is 0 Å². The lowest BCUT2D eigenvalue weighted by Gasteiger charge is -2.28. The van der Waals surface area contributed by atoms with Gasteiger partial charge in [-0.25, -0.2) is 13.2 Å². The van der Waals surface area contributed by atoms with E-state index in [0.29, 0.717) is 30.6 Å². The number of benzene rings is 2. The summed E-state index contributed by atoms with van der Waals surface area (Å²) < 4.78 is 46.5. The fourth-order valence-corrected chi connectivity index (χ4v) is 3.91. The van der Waals surface area contributed by atoms with Gasteiger partial charge in [0.1, 0.15) is 5.82 Å². The number of nitrogens with one attached hydrogen (secondary N) is 1. The molecule has 1 aliphatic carbocycles. The normalized spacial score (nSPS) is 28.3. The van der Waals surface area contributed by atoms with Gasteiger partial charge in [-0.15, -0.1) is 0 Å². The van der Waals surface area contributed by atoms with Crippen LogP contribution in [0.3, 0.4) is 0 Å². The van der Waals surface area contributed by atoms with Crippen LogP contribution in [0.25, 0.3) is 0 Å². The monoisotopic (exact) mass is 349 g/mol. The Morgan fingerprint density at radius 1 is 1.08 bits per heavy atom. The Bertz CT molecular complexity index is 785. The summed E-state index contributed by atoms with van der Waals surface area (Å²) in [5.41, 5.74) is 3.55. The first-order chi connectivity index (χ1) is 12.1. The van der Waals surface area contributed by atoms with Crippen molar-refractivity contribution in [2.24, 2.45) is 5.92 Å². The summed E-state index contributed by atoms with van der Waals surface area (Å²) in [7, 11) is 0. The molecule has 2 aliphatic rings. The molecule has 0 aromatic heterocycles. The first-order valence-corrected chi connectivity index (χ1v) is 8.28. The topological polar surface area (TPSA) is 30.5 Å². The molecule has 0 spiro atoms. The largest absolute Gasteiger partial charge is 0.373 e. The number of hydroxylamine groups is 1. The molecule has 1 N–H and O–H groups in total. The molecule has 3 nitrogen and oxygen atoms in total. The summed E-state index contributed by atoms with van der Waals surface area (Å²) in [4.78, 5) is 5.40. The van der Waals surface area contributed by atoms with Gasteiger partial charge in [0.05, 0.1) is 24.9 Å². The third kappa shape index (κ3) is 2.94. The Morgan fingerprint density at radius 3 is 2.72 bits per heavy atom. The first kappa shape index (κ1) is 16.6. The maximum atomic E-state index is 14.3. The van der Waals surface area contributed by atoms with Gasteiger partial charge < -0.3 is 9.57 Å². The van der Waals surface area contributed by atoms with Gasteiger partial charge in [-0.2, -0.15) is 5.48 Å². The lowest BCUT2D eigenvalue weighted by Crippen LogP contribution is -2.39. The van der Waals surface area contributed by atoms with Crippen molar-refractivity contribution in [1.29, 1.82) is 0 Å². The number of hydrogen-bond donors (Lipinski definition) is 1. The first-order valence-electron chi connectivity index (χ1n) is 8.28. The molecule has 3 atom stereocenters. The van der Waals surface area contributed by atoms with Crippen LogP contribution in [0.15, 0.2) is 42.5 Å². The molecule has 1 saturated carbocycles. The highest BCUT2D eigenvalue weighted by Gasteiger charge is 2.54. The number of fused-ring (bicyclic) bond motifs is 1. The van der Waals surface area contributed by atoms with E-state index in [4.69, 9.17) is 9.57 Å². The number of rotatable bonds is 4. The average molecular weight is 349 g/mol.